The molecule has 1 aliphatic carbocycles. The number of pyridine rings is 1. The van der Waals surface area contributed by atoms with Gasteiger partial charge in [-0.2, -0.15) is 11.8 Å². The Kier molecular flexibility index (Phi) is 5.59. The molecule has 2 rings (SSSR count). The minimum atomic E-state index is -3.66. The van der Waals surface area contributed by atoms with Crippen LogP contribution in [0.25, 0.3) is 0 Å². The van der Waals surface area contributed by atoms with Gasteiger partial charge >= 0.3 is 0 Å². The first kappa shape index (κ1) is 16.7. The Labute approximate surface area is 135 Å². The van der Waals surface area contributed by atoms with Crippen LogP contribution < -0.4 is 10.5 Å². The number of rotatable bonds is 6. The Hall–Kier alpha value is -0.700. The van der Waals surface area contributed by atoms with Crippen LogP contribution >= 0.6 is 24.0 Å². The van der Waals surface area contributed by atoms with Crippen LogP contribution in [0.4, 0.5) is 0 Å². The van der Waals surface area contributed by atoms with Crippen molar-refractivity contribution in [3.05, 3.63) is 24.0 Å². The van der Waals surface area contributed by atoms with E-state index < -0.39 is 10.0 Å². The van der Waals surface area contributed by atoms with E-state index >= 15 is 0 Å². The first-order chi connectivity index (χ1) is 9.95. The van der Waals surface area contributed by atoms with E-state index in [1.54, 1.807) is 17.8 Å². The minimum Gasteiger partial charge on any atom is -0.388 e. The van der Waals surface area contributed by atoms with Gasteiger partial charge in [-0.15, -0.1) is 0 Å². The number of nitrogens with one attached hydrogen (secondary N) is 1. The molecule has 2 unspecified atom stereocenters. The van der Waals surface area contributed by atoms with Gasteiger partial charge in [0.2, 0.25) is 10.0 Å². The normalized spacial score (nSPS) is 22.3. The molecule has 116 valence electrons. The van der Waals surface area contributed by atoms with Crippen molar-refractivity contribution < 1.29 is 8.42 Å². The molecule has 5 nitrogen and oxygen atoms in total. The van der Waals surface area contributed by atoms with Gasteiger partial charge in [-0.3, -0.25) is 4.98 Å². The Morgan fingerprint density at radius 3 is 3.00 bits per heavy atom. The molecule has 1 aromatic heterocycles. The molecule has 0 amide bonds. The summed E-state index contributed by atoms with van der Waals surface area (Å²) >= 11 is 6.69. The van der Waals surface area contributed by atoms with E-state index in [1.165, 1.54) is 12.3 Å². The van der Waals surface area contributed by atoms with E-state index in [2.05, 4.69) is 16.6 Å². The number of aromatic nitrogens is 1. The number of hydrogen-bond donors (Lipinski definition) is 2. The van der Waals surface area contributed by atoms with Gasteiger partial charge in [0, 0.05) is 17.5 Å². The molecule has 0 bridgehead atoms. The lowest BCUT2D eigenvalue weighted by Gasteiger charge is -2.20. The molecule has 1 aromatic rings. The van der Waals surface area contributed by atoms with Crippen molar-refractivity contribution in [1.82, 2.24) is 9.71 Å². The number of nitrogens with two attached hydrogens (primary N) is 1. The van der Waals surface area contributed by atoms with E-state index in [0.29, 0.717) is 5.25 Å². The SMILES string of the molecule is CCSC1CCCC1NS(=O)(=O)c1cccnc1C(N)=S. The highest BCUT2D eigenvalue weighted by Gasteiger charge is 2.32. The molecule has 0 spiro atoms. The zero-order chi connectivity index (χ0) is 15.5. The predicted octanol–water partition coefficient (Wildman–Crippen LogP) is 1.67. The van der Waals surface area contributed by atoms with E-state index in [0.717, 1.165) is 25.0 Å². The molecule has 21 heavy (non-hydrogen) atoms. The molecule has 0 aliphatic heterocycles. The summed E-state index contributed by atoms with van der Waals surface area (Å²) in [7, 11) is -3.66. The van der Waals surface area contributed by atoms with Gasteiger partial charge in [0.15, 0.2) is 0 Å². The molecular weight excluding hydrogens is 326 g/mol. The van der Waals surface area contributed by atoms with Gasteiger partial charge < -0.3 is 5.73 Å². The first-order valence-corrected chi connectivity index (χ1v) is 9.78. The van der Waals surface area contributed by atoms with Gasteiger partial charge in [0.1, 0.15) is 15.6 Å². The van der Waals surface area contributed by atoms with Crippen molar-refractivity contribution in [2.24, 2.45) is 5.73 Å². The zero-order valence-corrected chi connectivity index (χ0v) is 14.2. The zero-order valence-electron chi connectivity index (χ0n) is 11.8. The van der Waals surface area contributed by atoms with Crippen molar-refractivity contribution in [3.8, 4) is 0 Å². The summed E-state index contributed by atoms with van der Waals surface area (Å²) in [5, 5.41) is 0.328. The van der Waals surface area contributed by atoms with Crippen molar-refractivity contribution >= 4 is 39.0 Å². The number of nitrogens with zero attached hydrogens (tertiary/aromatic N) is 1. The van der Waals surface area contributed by atoms with Gasteiger partial charge in [-0.25, -0.2) is 13.1 Å². The number of hydrogen-bond acceptors (Lipinski definition) is 5. The van der Waals surface area contributed by atoms with Crippen molar-refractivity contribution in [2.45, 2.75) is 42.4 Å². The van der Waals surface area contributed by atoms with Crippen LogP contribution in [0, 0.1) is 0 Å². The van der Waals surface area contributed by atoms with Crippen molar-refractivity contribution in [2.75, 3.05) is 5.75 Å². The largest absolute Gasteiger partial charge is 0.388 e. The first-order valence-electron chi connectivity index (χ1n) is 6.84. The third-order valence-electron chi connectivity index (χ3n) is 3.43. The van der Waals surface area contributed by atoms with Crippen LogP contribution in [-0.4, -0.2) is 35.4 Å². The van der Waals surface area contributed by atoms with Crippen LogP contribution in [0.15, 0.2) is 23.2 Å². The molecule has 1 fully saturated rings. The summed E-state index contributed by atoms with van der Waals surface area (Å²) in [6, 6.07) is 3.02. The van der Waals surface area contributed by atoms with Crippen LogP contribution in [0.5, 0.6) is 0 Å². The highest BCUT2D eigenvalue weighted by Crippen LogP contribution is 2.31. The van der Waals surface area contributed by atoms with E-state index in [-0.39, 0.29) is 21.6 Å². The van der Waals surface area contributed by atoms with Gasteiger partial charge in [0.25, 0.3) is 0 Å². The molecule has 0 aromatic carbocycles. The fourth-order valence-electron chi connectivity index (χ4n) is 2.53. The Morgan fingerprint density at radius 2 is 2.33 bits per heavy atom. The second kappa shape index (κ2) is 7.04. The van der Waals surface area contributed by atoms with Gasteiger partial charge in [-0.05, 0) is 30.7 Å². The number of thioether (sulfide) groups is 1. The fraction of sp³-hybridized carbons (Fsp3) is 0.538. The van der Waals surface area contributed by atoms with E-state index in [1.807, 2.05) is 0 Å². The Balaban J connectivity index is 2.25. The fourth-order valence-corrected chi connectivity index (χ4v) is 5.52. The summed E-state index contributed by atoms with van der Waals surface area (Å²) in [5.41, 5.74) is 5.72. The second-order valence-corrected chi connectivity index (χ2v) is 8.51. The molecule has 3 N–H and O–H groups in total. The summed E-state index contributed by atoms with van der Waals surface area (Å²) < 4.78 is 28.0. The lowest BCUT2D eigenvalue weighted by Crippen LogP contribution is -2.39. The highest BCUT2D eigenvalue weighted by atomic mass is 32.2. The maximum atomic E-state index is 12.6. The number of sulfonamides is 1. The molecule has 1 heterocycles. The third-order valence-corrected chi connectivity index (χ3v) is 6.47. The quantitative estimate of drug-likeness (QED) is 0.763. The summed E-state index contributed by atoms with van der Waals surface area (Å²) in [4.78, 5) is 4.03. The predicted molar refractivity (Wildman–Crippen MR) is 90.0 cm³/mol. The monoisotopic (exact) mass is 345 g/mol. The number of thiocarbonyl (C=S) groups is 1. The molecule has 0 radical (unpaired) electrons. The Bertz CT molecular complexity index is 619. The van der Waals surface area contributed by atoms with Gasteiger partial charge in [-0.1, -0.05) is 25.6 Å². The van der Waals surface area contributed by atoms with Crippen LogP contribution in [-0.2, 0) is 10.0 Å². The van der Waals surface area contributed by atoms with E-state index in [9.17, 15) is 8.42 Å². The third kappa shape index (κ3) is 3.94. The van der Waals surface area contributed by atoms with Crippen LogP contribution in [0.3, 0.4) is 0 Å². The lowest BCUT2D eigenvalue weighted by atomic mass is 10.3. The van der Waals surface area contributed by atoms with Crippen molar-refractivity contribution in [3.63, 3.8) is 0 Å². The smallest absolute Gasteiger partial charge is 0.243 e. The standard InChI is InChI=1S/C13H19N3O2S3/c1-2-20-10-6-3-5-9(10)16-21(17,18)11-7-4-8-15-12(11)13(14)19/h4,7-10,16H,2-3,5-6H2,1H3,(H2,14,19). The van der Waals surface area contributed by atoms with E-state index in [4.69, 9.17) is 18.0 Å². The summed E-state index contributed by atoms with van der Waals surface area (Å²) in [6.07, 6.45) is 4.43. The van der Waals surface area contributed by atoms with Gasteiger partial charge in [0.05, 0.1) is 0 Å². The molecule has 2 atom stereocenters. The van der Waals surface area contributed by atoms with Crippen molar-refractivity contribution in [1.29, 1.82) is 0 Å². The molecule has 8 heteroatoms. The maximum absolute atomic E-state index is 12.6. The molecule has 0 saturated heterocycles. The topological polar surface area (TPSA) is 85.1 Å². The highest BCUT2D eigenvalue weighted by molar-refractivity contribution is 8.00. The molecular formula is C13H19N3O2S3. The average molecular weight is 346 g/mol. The average Bonchev–Trinajstić information content (AvgIpc) is 2.86. The van der Waals surface area contributed by atoms with Crippen LogP contribution in [0.1, 0.15) is 31.9 Å². The second-order valence-electron chi connectivity index (χ2n) is 4.87. The lowest BCUT2D eigenvalue weighted by molar-refractivity contribution is 0.554. The maximum Gasteiger partial charge on any atom is 0.243 e. The Morgan fingerprint density at radius 1 is 1.57 bits per heavy atom. The summed E-state index contributed by atoms with van der Waals surface area (Å²) in [6.45, 7) is 2.08. The molecule has 1 saturated carbocycles. The van der Waals surface area contributed by atoms with Crippen LogP contribution in [0.2, 0.25) is 0 Å². The summed E-state index contributed by atoms with van der Waals surface area (Å²) in [5.74, 6) is 0.980. The minimum absolute atomic E-state index is 0.0121. The molecule has 1 aliphatic rings.